The van der Waals surface area contributed by atoms with Crippen LogP contribution in [0.3, 0.4) is 0 Å². The zero-order valence-electron chi connectivity index (χ0n) is 14.5. The van der Waals surface area contributed by atoms with Gasteiger partial charge in [0.25, 0.3) is 0 Å². The van der Waals surface area contributed by atoms with Crippen LogP contribution in [0.15, 0.2) is 24.3 Å². The summed E-state index contributed by atoms with van der Waals surface area (Å²) in [5, 5.41) is 0. The van der Waals surface area contributed by atoms with Gasteiger partial charge < -0.3 is 14.2 Å². The fourth-order valence-corrected chi connectivity index (χ4v) is 2.02. The number of ether oxygens (including phenoxy) is 3. The molecule has 0 amide bonds. The van der Waals surface area contributed by atoms with Gasteiger partial charge in [-0.05, 0) is 33.3 Å². The summed E-state index contributed by atoms with van der Waals surface area (Å²) in [5.74, 6) is -0.493. The maximum Gasteiger partial charge on any atom is 0.313 e. The van der Waals surface area contributed by atoms with Crippen LogP contribution >= 0.6 is 0 Å². The standard InChI is InChI=1S/C16H22O4.C2H6/c1-11(14(17)20-16(2,3)4)12-5-7-13(8-6-12)15-18-9-10-19-15;1-2/h5-8,11,15H,9-10H2,1-4H3;1-2H3. The van der Waals surface area contributed by atoms with Gasteiger partial charge in [-0.15, -0.1) is 0 Å². The highest BCUT2D eigenvalue weighted by molar-refractivity contribution is 5.78. The summed E-state index contributed by atoms with van der Waals surface area (Å²) in [6.45, 7) is 12.7. The molecule has 1 aliphatic rings. The Bertz CT molecular complexity index is 453. The molecule has 0 N–H and O–H groups in total. The third-order valence-electron chi connectivity index (χ3n) is 3.09. The fourth-order valence-electron chi connectivity index (χ4n) is 2.02. The van der Waals surface area contributed by atoms with Gasteiger partial charge in [-0.2, -0.15) is 0 Å². The van der Waals surface area contributed by atoms with Crippen LogP contribution < -0.4 is 0 Å². The minimum atomic E-state index is -0.461. The fraction of sp³-hybridized carbons (Fsp3) is 0.611. The Balaban J connectivity index is 0.00000116. The van der Waals surface area contributed by atoms with Crippen molar-refractivity contribution in [2.24, 2.45) is 0 Å². The van der Waals surface area contributed by atoms with Crippen molar-refractivity contribution < 1.29 is 19.0 Å². The Kier molecular flexibility index (Phi) is 7.04. The van der Waals surface area contributed by atoms with Crippen molar-refractivity contribution in [1.82, 2.24) is 0 Å². The van der Waals surface area contributed by atoms with E-state index in [1.54, 1.807) is 0 Å². The van der Waals surface area contributed by atoms with Crippen molar-refractivity contribution in [3.8, 4) is 0 Å². The molecule has 1 saturated heterocycles. The maximum absolute atomic E-state index is 12.0. The summed E-state index contributed by atoms with van der Waals surface area (Å²) < 4.78 is 16.3. The topological polar surface area (TPSA) is 44.8 Å². The van der Waals surface area contributed by atoms with E-state index in [-0.39, 0.29) is 18.2 Å². The number of carbonyl (C=O) groups is 1. The molecule has 0 saturated carbocycles. The van der Waals surface area contributed by atoms with Crippen LogP contribution in [0, 0.1) is 0 Å². The second-order valence-electron chi connectivity index (χ2n) is 6.00. The number of carbonyl (C=O) groups excluding carboxylic acids is 1. The van der Waals surface area contributed by atoms with E-state index in [0.29, 0.717) is 13.2 Å². The summed E-state index contributed by atoms with van der Waals surface area (Å²) in [7, 11) is 0. The van der Waals surface area contributed by atoms with Crippen LogP contribution in [0.2, 0.25) is 0 Å². The molecule has 0 aliphatic carbocycles. The molecule has 1 aromatic rings. The highest BCUT2D eigenvalue weighted by atomic mass is 16.7. The minimum absolute atomic E-state index is 0.210. The second kappa shape index (κ2) is 8.30. The van der Waals surface area contributed by atoms with Crippen LogP contribution in [0.25, 0.3) is 0 Å². The third-order valence-corrected chi connectivity index (χ3v) is 3.09. The number of hydrogen-bond acceptors (Lipinski definition) is 4. The quantitative estimate of drug-likeness (QED) is 0.785. The molecule has 0 aromatic heterocycles. The van der Waals surface area contributed by atoms with E-state index in [4.69, 9.17) is 14.2 Å². The molecule has 1 atom stereocenters. The maximum atomic E-state index is 12.0. The van der Waals surface area contributed by atoms with Gasteiger partial charge in [0.2, 0.25) is 0 Å². The lowest BCUT2D eigenvalue weighted by Gasteiger charge is -2.22. The predicted molar refractivity (Wildman–Crippen MR) is 86.7 cm³/mol. The smallest absolute Gasteiger partial charge is 0.313 e. The molecule has 4 nitrogen and oxygen atoms in total. The molecule has 22 heavy (non-hydrogen) atoms. The van der Waals surface area contributed by atoms with Gasteiger partial charge in [0.15, 0.2) is 6.29 Å². The largest absolute Gasteiger partial charge is 0.460 e. The second-order valence-corrected chi connectivity index (χ2v) is 6.00. The first-order valence-corrected chi connectivity index (χ1v) is 7.93. The summed E-state index contributed by atoms with van der Waals surface area (Å²) in [5.41, 5.74) is 1.44. The normalized spacial score (nSPS) is 16.6. The monoisotopic (exact) mass is 308 g/mol. The zero-order valence-corrected chi connectivity index (χ0v) is 14.5. The van der Waals surface area contributed by atoms with E-state index in [2.05, 4.69) is 0 Å². The molecule has 1 unspecified atom stereocenters. The highest BCUT2D eigenvalue weighted by Crippen LogP contribution is 2.26. The molecular weight excluding hydrogens is 280 g/mol. The van der Waals surface area contributed by atoms with E-state index >= 15 is 0 Å². The van der Waals surface area contributed by atoms with E-state index < -0.39 is 5.60 Å². The van der Waals surface area contributed by atoms with E-state index in [9.17, 15) is 4.79 Å². The number of benzene rings is 1. The average Bonchev–Trinajstić information content (AvgIpc) is 3.01. The van der Waals surface area contributed by atoms with Gasteiger partial charge in [-0.1, -0.05) is 38.1 Å². The van der Waals surface area contributed by atoms with E-state index in [1.807, 2.05) is 65.8 Å². The molecule has 0 bridgehead atoms. The first kappa shape index (κ1) is 18.7. The molecule has 1 aromatic carbocycles. The third kappa shape index (κ3) is 5.43. The van der Waals surface area contributed by atoms with E-state index in [0.717, 1.165) is 11.1 Å². The lowest BCUT2D eigenvalue weighted by atomic mass is 9.99. The summed E-state index contributed by atoms with van der Waals surface area (Å²) in [6.07, 6.45) is -0.277. The Labute approximate surface area is 133 Å². The van der Waals surface area contributed by atoms with E-state index in [1.165, 1.54) is 0 Å². The van der Waals surface area contributed by atoms with Gasteiger partial charge >= 0.3 is 5.97 Å². The minimum Gasteiger partial charge on any atom is -0.460 e. The molecule has 4 heteroatoms. The molecule has 1 heterocycles. The molecule has 0 radical (unpaired) electrons. The molecule has 1 aliphatic heterocycles. The predicted octanol–water partition coefficient (Wildman–Crippen LogP) is 4.20. The van der Waals surface area contributed by atoms with Crippen molar-refractivity contribution in [2.75, 3.05) is 13.2 Å². The van der Waals surface area contributed by atoms with Crippen molar-refractivity contribution in [3.05, 3.63) is 35.4 Å². The molecule has 124 valence electrons. The Morgan fingerprint density at radius 2 is 1.64 bits per heavy atom. The van der Waals surface area contributed by atoms with Crippen molar-refractivity contribution in [2.45, 2.75) is 59.4 Å². The number of esters is 1. The summed E-state index contributed by atoms with van der Waals surface area (Å²) in [6, 6.07) is 7.72. The Morgan fingerprint density at radius 1 is 1.14 bits per heavy atom. The van der Waals surface area contributed by atoms with Crippen LogP contribution in [0.4, 0.5) is 0 Å². The van der Waals surface area contributed by atoms with Crippen molar-refractivity contribution in [1.29, 1.82) is 0 Å². The van der Waals surface area contributed by atoms with Crippen LogP contribution in [-0.4, -0.2) is 24.8 Å². The van der Waals surface area contributed by atoms with Crippen LogP contribution in [-0.2, 0) is 19.0 Å². The summed E-state index contributed by atoms with van der Waals surface area (Å²) >= 11 is 0. The Morgan fingerprint density at radius 3 is 2.09 bits per heavy atom. The SMILES string of the molecule is CC.CC(C(=O)OC(C)(C)C)c1ccc(C2OCCO2)cc1. The highest BCUT2D eigenvalue weighted by Gasteiger charge is 2.24. The van der Waals surface area contributed by atoms with Gasteiger partial charge in [0.05, 0.1) is 19.1 Å². The van der Waals surface area contributed by atoms with Gasteiger partial charge in [-0.25, -0.2) is 0 Å². The lowest BCUT2D eigenvalue weighted by Crippen LogP contribution is -2.26. The van der Waals surface area contributed by atoms with Crippen LogP contribution in [0.5, 0.6) is 0 Å². The van der Waals surface area contributed by atoms with Gasteiger partial charge in [0.1, 0.15) is 5.60 Å². The number of rotatable bonds is 3. The number of hydrogen-bond donors (Lipinski definition) is 0. The lowest BCUT2D eigenvalue weighted by molar-refractivity contribution is -0.156. The molecular formula is C18H28O4. The van der Waals surface area contributed by atoms with Gasteiger partial charge in [-0.3, -0.25) is 4.79 Å². The van der Waals surface area contributed by atoms with Crippen molar-refractivity contribution in [3.63, 3.8) is 0 Å². The summed E-state index contributed by atoms with van der Waals surface area (Å²) in [4.78, 5) is 12.0. The Hall–Kier alpha value is -1.39. The molecule has 0 spiro atoms. The van der Waals surface area contributed by atoms with Gasteiger partial charge in [0, 0.05) is 5.56 Å². The molecule has 2 rings (SSSR count). The first-order valence-electron chi connectivity index (χ1n) is 7.93. The van der Waals surface area contributed by atoms with Crippen LogP contribution in [0.1, 0.15) is 64.9 Å². The first-order chi connectivity index (χ1) is 10.4. The molecule has 1 fully saturated rings. The zero-order chi connectivity index (χ0) is 16.8. The van der Waals surface area contributed by atoms with Crippen molar-refractivity contribution >= 4 is 5.97 Å². The average molecular weight is 308 g/mol.